The first-order valence-electron chi connectivity index (χ1n) is 12.0. The number of rotatable bonds is 7. The third-order valence-electron chi connectivity index (χ3n) is 6.83. The van der Waals surface area contributed by atoms with Gasteiger partial charge in [0.1, 0.15) is 22.5 Å². The number of amides is 1. The van der Waals surface area contributed by atoms with Crippen molar-refractivity contribution in [2.75, 3.05) is 33.9 Å². The topological polar surface area (TPSA) is 96.4 Å². The van der Waals surface area contributed by atoms with Gasteiger partial charge >= 0.3 is 0 Å². The Morgan fingerprint density at radius 3 is 2.60 bits per heavy atom. The molecule has 1 aliphatic carbocycles. The number of fused-ring (bicyclic) bond motifs is 1. The van der Waals surface area contributed by atoms with Crippen LogP contribution in [0.1, 0.15) is 26.7 Å². The zero-order chi connectivity index (χ0) is 25.3. The summed E-state index contributed by atoms with van der Waals surface area (Å²) >= 11 is 0. The molecular formula is C26H34N2O6S. The first-order chi connectivity index (χ1) is 16.6. The predicted molar refractivity (Wildman–Crippen MR) is 133 cm³/mol. The molecule has 3 atom stereocenters. The number of benzene rings is 2. The Labute approximate surface area is 207 Å². The Morgan fingerprint density at radius 2 is 1.94 bits per heavy atom. The second kappa shape index (κ2) is 10.2. The van der Waals surface area contributed by atoms with Gasteiger partial charge in [-0.25, -0.2) is 8.42 Å². The lowest BCUT2D eigenvalue weighted by atomic mass is 10.0. The lowest BCUT2D eigenvalue weighted by molar-refractivity contribution is -0.132. The fourth-order valence-corrected chi connectivity index (χ4v) is 6.25. The third-order valence-corrected chi connectivity index (χ3v) is 8.85. The number of nitrogens with zero attached hydrogens (tertiary/aromatic N) is 2. The van der Waals surface area contributed by atoms with Crippen LogP contribution in [0.4, 0.5) is 0 Å². The first kappa shape index (κ1) is 25.5. The number of sulfonamides is 1. The van der Waals surface area contributed by atoms with Crippen molar-refractivity contribution >= 4 is 15.9 Å². The molecule has 2 aromatic rings. The van der Waals surface area contributed by atoms with Gasteiger partial charge in [0, 0.05) is 31.5 Å². The van der Waals surface area contributed by atoms with Crippen LogP contribution in [-0.2, 0) is 14.8 Å². The van der Waals surface area contributed by atoms with Gasteiger partial charge in [-0.05, 0) is 55.2 Å². The monoisotopic (exact) mass is 502 g/mol. The summed E-state index contributed by atoms with van der Waals surface area (Å²) in [4.78, 5) is 14.4. The van der Waals surface area contributed by atoms with Crippen molar-refractivity contribution in [1.29, 1.82) is 0 Å². The van der Waals surface area contributed by atoms with E-state index >= 15 is 0 Å². The Morgan fingerprint density at radius 1 is 1.23 bits per heavy atom. The number of carbonyl (C=O) groups is 1. The number of likely N-dealkylation sites (N-methyl/N-ethyl adjacent to an activating group) is 1. The molecule has 1 fully saturated rings. The van der Waals surface area contributed by atoms with E-state index in [0.29, 0.717) is 12.3 Å². The molecule has 1 heterocycles. The highest BCUT2D eigenvalue weighted by molar-refractivity contribution is 7.89. The number of methoxy groups -OCH3 is 1. The van der Waals surface area contributed by atoms with Crippen LogP contribution >= 0.6 is 0 Å². The standard InChI is InChI=1S/C26H34N2O6S/c1-17-14-28(18(2)16-29)35(31,32)25-11-10-21(20-6-5-7-22(12-20)33-4)13-23(25)34-24(17)15-27(3)26(30)19-8-9-19/h5-7,10-13,17-19,24,29H,8-9,14-16H2,1-4H3/t17-,18-,24+/m0/s1. The normalized spacial score (nSPS) is 22.8. The first-order valence-corrected chi connectivity index (χ1v) is 13.4. The Balaban J connectivity index is 1.77. The maximum Gasteiger partial charge on any atom is 0.247 e. The molecule has 1 aliphatic heterocycles. The van der Waals surface area contributed by atoms with Gasteiger partial charge in [-0.1, -0.05) is 25.1 Å². The minimum Gasteiger partial charge on any atom is -0.497 e. The number of hydrogen-bond acceptors (Lipinski definition) is 6. The molecule has 0 aromatic heterocycles. The summed E-state index contributed by atoms with van der Waals surface area (Å²) in [7, 11) is -0.561. The van der Waals surface area contributed by atoms with E-state index in [-0.39, 0.29) is 41.5 Å². The molecule has 35 heavy (non-hydrogen) atoms. The summed E-state index contributed by atoms with van der Waals surface area (Å²) in [5.74, 6) is 0.895. The van der Waals surface area contributed by atoms with Crippen molar-refractivity contribution in [3.05, 3.63) is 42.5 Å². The molecule has 4 rings (SSSR count). The number of aliphatic hydroxyl groups is 1. The van der Waals surface area contributed by atoms with Crippen LogP contribution in [-0.4, -0.2) is 74.6 Å². The summed E-state index contributed by atoms with van der Waals surface area (Å²) in [6.45, 7) is 3.84. The molecule has 0 bridgehead atoms. The van der Waals surface area contributed by atoms with Crippen molar-refractivity contribution in [2.24, 2.45) is 11.8 Å². The van der Waals surface area contributed by atoms with E-state index < -0.39 is 22.2 Å². The van der Waals surface area contributed by atoms with E-state index in [1.807, 2.05) is 31.2 Å². The van der Waals surface area contributed by atoms with E-state index in [4.69, 9.17) is 9.47 Å². The van der Waals surface area contributed by atoms with E-state index in [2.05, 4.69) is 0 Å². The number of ether oxygens (including phenoxy) is 2. The molecule has 0 spiro atoms. The fourth-order valence-electron chi connectivity index (χ4n) is 4.43. The van der Waals surface area contributed by atoms with Crippen molar-refractivity contribution in [1.82, 2.24) is 9.21 Å². The molecular weight excluding hydrogens is 468 g/mol. The minimum absolute atomic E-state index is 0.0533. The van der Waals surface area contributed by atoms with E-state index in [9.17, 15) is 18.3 Å². The maximum atomic E-state index is 13.7. The van der Waals surface area contributed by atoms with Crippen molar-refractivity contribution < 1.29 is 27.8 Å². The molecule has 1 N–H and O–H groups in total. The number of hydrogen-bond donors (Lipinski definition) is 1. The zero-order valence-corrected chi connectivity index (χ0v) is 21.5. The van der Waals surface area contributed by atoms with Crippen LogP contribution in [0.15, 0.2) is 47.4 Å². The molecule has 2 aliphatic rings. The van der Waals surface area contributed by atoms with Crippen LogP contribution < -0.4 is 9.47 Å². The Bertz CT molecular complexity index is 1180. The lowest BCUT2D eigenvalue weighted by Gasteiger charge is -2.37. The summed E-state index contributed by atoms with van der Waals surface area (Å²) in [5.41, 5.74) is 1.65. The molecule has 9 heteroatoms. The quantitative estimate of drug-likeness (QED) is 0.625. The average molecular weight is 503 g/mol. The summed E-state index contributed by atoms with van der Waals surface area (Å²) < 4.78 is 40.4. The van der Waals surface area contributed by atoms with Gasteiger partial charge in [-0.2, -0.15) is 4.31 Å². The number of aliphatic hydroxyl groups excluding tert-OH is 1. The highest BCUT2D eigenvalue weighted by atomic mass is 32.2. The van der Waals surface area contributed by atoms with Gasteiger partial charge in [-0.15, -0.1) is 0 Å². The average Bonchev–Trinajstić information content (AvgIpc) is 3.70. The highest BCUT2D eigenvalue weighted by Crippen LogP contribution is 2.37. The Hall–Kier alpha value is -2.62. The summed E-state index contributed by atoms with van der Waals surface area (Å²) in [6.07, 6.45) is 1.40. The molecule has 8 nitrogen and oxygen atoms in total. The van der Waals surface area contributed by atoms with Gasteiger partial charge in [0.25, 0.3) is 0 Å². The van der Waals surface area contributed by atoms with Gasteiger partial charge in [0.05, 0.1) is 20.3 Å². The summed E-state index contributed by atoms with van der Waals surface area (Å²) in [5, 5.41) is 9.81. The van der Waals surface area contributed by atoms with Crippen LogP contribution in [0.25, 0.3) is 11.1 Å². The molecule has 1 saturated carbocycles. The van der Waals surface area contributed by atoms with Gasteiger partial charge in [0.15, 0.2) is 0 Å². The minimum atomic E-state index is -3.93. The molecule has 0 radical (unpaired) electrons. The molecule has 0 saturated heterocycles. The van der Waals surface area contributed by atoms with Crippen molar-refractivity contribution in [3.8, 4) is 22.6 Å². The second-order valence-electron chi connectivity index (χ2n) is 9.63. The largest absolute Gasteiger partial charge is 0.497 e. The third kappa shape index (κ3) is 5.32. The molecule has 1 amide bonds. The van der Waals surface area contributed by atoms with Gasteiger partial charge in [0.2, 0.25) is 15.9 Å². The van der Waals surface area contributed by atoms with Crippen molar-refractivity contribution in [2.45, 2.75) is 43.7 Å². The highest BCUT2D eigenvalue weighted by Gasteiger charge is 2.39. The van der Waals surface area contributed by atoms with E-state index in [1.165, 1.54) is 4.31 Å². The van der Waals surface area contributed by atoms with Gasteiger partial charge < -0.3 is 19.5 Å². The van der Waals surface area contributed by atoms with Crippen molar-refractivity contribution in [3.63, 3.8) is 0 Å². The van der Waals surface area contributed by atoms with E-state index in [1.54, 1.807) is 44.2 Å². The smallest absolute Gasteiger partial charge is 0.247 e. The fraction of sp³-hybridized carbons (Fsp3) is 0.500. The molecule has 0 unspecified atom stereocenters. The van der Waals surface area contributed by atoms with Gasteiger partial charge in [-0.3, -0.25) is 4.79 Å². The summed E-state index contributed by atoms with van der Waals surface area (Å²) in [6, 6.07) is 12.0. The van der Waals surface area contributed by atoms with Crippen LogP contribution in [0.5, 0.6) is 11.5 Å². The molecule has 190 valence electrons. The van der Waals surface area contributed by atoms with Crippen LogP contribution in [0.2, 0.25) is 0 Å². The lowest BCUT2D eigenvalue weighted by Crippen LogP contribution is -2.50. The van der Waals surface area contributed by atoms with E-state index in [0.717, 1.165) is 24.0 Å². The predicted octanol–water partition coefficient (Wildman–Crippen LogP) is 3.00. The SMILES string of the molecule is COc1cccc(-c2ccc3c(c2)O[C@H](CN(C)C(=O)C2CC2)[C@@H](C)CN([C@@H](C)CO)S3(=O)=O)c1. The van der Waals surface area contributed by atoms with Crippen LogP contribution in [0, 0.1) is 11.8 Å². The number of carbonyl (C=O) groups excluding carboxylic acids is 1. The second-order valence-corrected chi connectivity index (χ2v) is 11.5. The zero-order valence-electron chi connectivity index (χ0n) is 20.7. The molecule has 2 aromatic carbocycles. The van der Waals surface area contributed by atoms with Crippen LogP contribution in [0.3, 0.4) is 0 Å². The maximum absolute atomic E-state index is 13.7. The Kier molecular flexibility index (Phi) is 7.40.